The van der Waals surface area contributed by atoms with Gasteiger partial charge in [0, 0.05) is 32.5 Å². The normalized spacial score (nSPS) is 25.9. The van der Waals surface area contributed by atoms with Crippen LogP contribution in [0.3, 0.4) is 0 Å². The zero-order chi connectivity index (χ0) is 14.0. The number of rotatable bonds is 2. The lowest BCUT2D eigenvalue weighted by molar-refractivity contribution is -0.187. The fourth-order valence-corrected chi connectivity index (χ4v) is 2.89. The van der Waals surface area contributed by atoms with Crippen molar-refractivity contribution in [3.63, 3.8) is 0 Å². The van der Waals surface area contributed by atoms with Gasteiger partial charge in [0.1, 0.15) is 6.54 Å². The average molecular weight is 284 g/mol. The van der Waals surface area contributed by atoms with Crippen molar-refractivity contribution in [1.29, 1.82) is 0 Å². The predicted molar refractivity (Wildman–Crippen MR) is 68.0 cm³/mol. The van der Waals surface area contributed by atoms with Gasteiger partial charge in [-0.3, -0.25) is 9.69 Å². The molecule has 3 saturated heterocycles. The zero-order valence-corrected chi connectivity index (χ0v) is 11.5. The molecule has 7 nitrogen and oxygen atoms in total. The van der Waals surface area contributed by atoms with E-state index in [9.17, 15) is 9.59 Å². The van der Waals surface area contributed by atoms with Crippen molar-refractivity contribution in [2.75, 3.05) is 46.0 Å². The maximum atomic E-state index is 12.2. The van der Waals surface area contributed by atoms with Crippen molar-refractivity contribution in [2.45, 2.75) is 25.0 Å². The summed E-state index contributed by atoms with van der Waals surface area (Å²) in [7, 11) is 0. The summed E-state index contributed by atoms with van der Waals surface area (Å²) in [6, 6.07) is 0. The van der Waals surface area contributed by atoms with Gasteiger partial charge in [0.05, 0.1) is 19.8 Å². The minimum Gasteiger partial charge on any atom is -0.449 e. The lowest BCUT2D eigenvalue weighted by Crippen LogP contribution is -2.51. The molecule has 2 amide bonds. The zero-order valence-electron chi connectivity index (χ0n) is 11.5. The second-order valence-corrected chi connectivity index (χ2v) is 5.38. The Bertz CT molecular complexity index is 384. The molecule has 3 heterocycles. The maximum Gasteiger partial charge on any atom is 0.410 e. The standard InChI is InChI=1S/C13H20N2O5/c16-11(10-15-4-1-7-18-12(15)17)14-5-2-13(3-6-14)19-8-9-20-13/h1-10H2. The number of carbonyl (C=O) groups is 2. The minimum atomic E-state index is -0.471. The monoisotopic (exact) mass is 284 g/mol. The highest BCUT2D eigenvalue weighted by molar-refractivity contribution is 5.82. The molecule has 0 unspecified atom stereocenters. The molecular weight excluding hydrogens is 264 g/mol. The van der Waals surface area contributed by atoms with E-state index in [4.69, 9.17) is 14.2 Å². The summed E-state index contributed by atoms with van der Waals surface area (Å²) in [5.74, 6) is -0.502. The molecule has 3 rings (SSSR count). The van der Waals surface area contributed by atoms with E-state index >= 15 is 0 Å². The number of hydrogen-bond donors (Lipinski definition) is 0. The molecule has 20 heavy (non-hydrogen) atoms. The molecule has 0 N–H and O–H groups in total. The molecule has 0 atom stereocenters. The Morgan fingerprint density at radius 1 is 1.10 bits per heavy atom. The molecule has 3 aliphatic heterocycles. The van der Waals surface area contributed by atoms with Gasteiger partial charge in [0.2, 0.25) is 5.91 Å². The van der Waals surface area contributed by atoms with Crippen molar-refractivity contribution in [2.24, 2.45) is 0 Å². The third-order valence-electron chi connectivity index (χ3n) is 4.07. The van der Waals surface area contributed by atoms with Crippen molar-refractivity contribution >= 4 is 12.0 Å². The largest absolute Gasteiger partial charge is 0.449 e. The molecule has 0 aromatic rings. The van der Waals surface area contributed by atoms with Crippen LogP contribution in [0.2, 0.25) is 0 Å². The molecule has 0 bridgehead atoms. The van der Waals surface area contributed by atoms with Gasteiger partial charge in [-0.05, 0) is 6.42 Å². The molecule has 0 aromatic carbocycles. The van der Waals surface area contributed by atoms with E-state index in [-0.39, 0.29) is 18.5 Å². The summed E-state index contributed by atoms with van der Waals surface area (Å²) in [5.41, 5.74) is 0. The first-order valence-electron chi connectivity index (χ1n) is 7.16. The number of hydrogen-bond acceptors (Lipinski definition) is 5. The van der Waals surface area contributed by atoms with E-state index in [1.165, 1.54) is 4.90 Å². The van der Waals surface area contributed by atoms with Crippen LogP contribution in [0.25, 0.3) is 0 Å². The van der Waals surface area contributed by atoms with Gasteiger partial charge in [0.15, 0.2) is 5.79 Å². The van der Waals surface area contributed by atoms with Gasteiger partial charge in [-0.25, -0.2) is 4.79 Å². The summed E-state index contributed by atoms with van der Waals surface area (Å²) in [5, 5.41) is 0. The maximum absolute atomic E-state index is 12.2. The van der Waals surface area contributed by atoms with Crippen LogP contribution >= 0.6 is 0 Å². The fraction of sp³-hybridized carbons (Fsp3) is 0.846. The van der Waals surface area contributed by atoms with Crippen molar-refractivity contribution < 1.29 is 23.8 Å². The molecule has 112 valence electrons. The molecule has 1 spiro atoms. The number of piperidine rings is 1. The Balaban J connectivity index is 1.50. The molecule has 0 aromatic heterocycles. The molecule has 0 radical (unpaired) electrons. The van der Waals surface area contributed by atoms with Crippen LogP contribution in [0.4, 0.5) is 4.79 Å². The number of amides is 2. The summed E-state index contributed by atoms with van der Waals surface area (Å²) in [6.07, 6.45) is 1.79. The molecular formula is C13H20N2O5. The van der Waals surface area contributed by atoms with Crippen LogP contribution in [-0.4, -0.2) is 73.6 Å². The van der Waals surface area contributed by atoms with Crippen LogP contribution in [-0.2, 0) is 19.0 Å². The van der Waals surface area contributed by atoms with Gasteiger partial charge in [-0.2, -0.15) is 0 Å². The summed E-state index contributed by atoms with van der Waals surface area (Å²) in [4.78, 5) is 27.0. The lowest BCUT2D eigenvalue weighted by atomic mass is 10.0. The Morgan fingerprint density at radius 2 is 1.80 bits per heavy atom. The highest BCUT2D eigenvalue weighted by Crippen LogP contribution is 2.31. The smallest absolute Gasteiger partial charge is 0.410 e. The van der Waals surface area contributed by atoms with E-state index in [1.807, 2.05) is 0 Å². The molecule has 3 aliphatic rings. The van der Waals surface area contributed by atoms with Crippen LogP contribution in [0, 0.1) is 0 Å². The van der Waals surface area contributed by atoms with Crippen molar-refractivity contribution in [1.82, 2.24) is 9.80 Å². The minimum absolute atomic E-state index is 0.0308. The molecule has 3 fully saturated rings. The fourth-order valence-electron chi connectivity index (χ4n) is 2.89. The first kappa shape index (κ1) is 13.6. The third-order valence-corrected chi connectivity index (χ3v) is 4.07. The first-order chi connectivity index (χ1) is 9.69. The predicted octanol–water partition coefficient (Wildman–Crippen LogP) is 0.194. The van der Waals surface area contributed by atoms with Crippen LogP contribution in [0.15, 0.2) is 0 Å². The van der Waals surface area contributed by atoms with Crippen LogP contribution in [0.5, 0.6) is 0 Å². The van der Waals surface area contributed by atoms with Crippen molar-refractivity contribution in [3.05, 3.63) is 0 Å². The van der Waals surface area contributed by atoms with E-state index in [0.717, 1.165) is 6.42 Å². The van der Waals surface area contributed by atoms with E-state index < -0.39 is 5.79 Å². The number of ether oxygens (including phenoxy) is 3. The number of carbonyl (C=O) groups excluding carboxylic acids is 2. The van der Waals surface area contributed by atoms with E-state index in [0.29, 0.717) is 52.3 Å². The third kappa shape index (κ3) is 2.73. The Kier molecular flexibility index (Phi) is 3.80. The highest BCUT2D eigenvalue weighted by Gasteiger charge is 2.41. The molecule has 0 aliphatic carbocycles. The second kappa shape index (κ2) is 5.57. The lowest BCUT2D eigenvalue weighted by Gasteiger charge is -2.38. The quantitative estimate of drug-likeness (QED) is 0.724. The number of nitrogens with zero attached hydrogens (tertiary/aromatic N) is 2. The van der Waals surface area contributed by atoms with Gasteiger partial charge in [-0.1, -0.05) is 0 Å². The SMILES string of the molecule is O=C(CN1CCCOC1=O)N1CCC2(CC1)OCCO2. The summed E-state index contributed by atoms with van der Waals surface area (Å²) >= 11 is 0. The Labute approximate surface area is 117 Å². The van der Waals surface area contributed by atoms with Gasteiger partial charge in [0.25, 0.3) is 0 Å². The number of likely N-dealkylation sites (tertiary alicyclic amines) is 1. The summed E-state index contributed by atoms with van der Waals surface area (Å²) in [6.45, 7) is 3.64. The molecule has 0 saturated carbocycles. The van der Waals surface area contributed by atoms with Crippen LogP contribution in [0.1, 0.15) is 19.3 Å². The summed E-state index contributed by atoms with van der Waals surface area (Å²) < 4.78 is 16.2. The van der Waals surface area contributed by atoms with Crippen molar-refractivity contribution in [3.8, 4) is 0 Å². The van der Waals surface area contributed by atoms with E-state index in [1.54, 1.807) is 4.90 Å². The molecule has 7 heteroatoms. The van der Waals surface area contributed by atoms with Gasteiger partial charge >= 0.3 is 6.09 Å². The topological polar surface area (TPSA) is 68.3 Å². The van der Waals surface area contributed by atoms with Gasteiger partial charge < -0.3 is 19.1 Å². The first-order valence-corrected chi connectivity index (χ1v) is 7.16. The Morgan fingerprint density at radius 3 is 2.45 bits per heavy atom. The van der Waals surface area contributed by atoms with E-state index in [2.05, 4.69) is 0 Å². The Hall–Kier alpha value is -1.34. The average Bonchev–Trinajstić information content (AvgIpc) is 2.90. The number of cyclic esters (lactones) is 1. The van der Waals surface area contributed by atoms with Crippen LogP contribution < -0.4 is 0 Å². The second-order valence-electron chi connectivity index (χ2n) is 5.38. The van der Waals surface area contributed by atoms with Gasteiger partial charge in [-0.15, -0.1) is 0 Å². The highest BCUT2D eigenvalue weighted by atomic mass is 16.7.